The Labute approximate surface area is 83.3 Å². The molecule has 1 nitrogen and oxygen atoms in total. The van der Waals surface area contributed by atoms with Crippen LogP contribution in [-0.4, -0.2) is 11.2 Å². The summed E-state index contributed by atoms with van der Waals surface area (Å²) in [5.41, 5.74) is 1.22. The lowest BCUT2D eigenvalue weighted by atomic mass is 9.96. The maximum absolute atomic E-state index is 9.68. The zero-order valence-corrected chi connectivity index (χ0v) is 8.17. The first kappa shape index (κ1) is 9.04. The number of hydrogen-bond donors (Lipinski definition) is 1. The van der Waals surface area contributed by atoms with E-state index in [1.54, 1.807) is 0 Å². The SMILES string of the molecule is OC1CCCC1c1ccc(Cl)cc1. The van der Waals surface area contributed by atoms with Gasteiger partial charge in [0.2, 0.25) is 0 Å². The molecule has 2 heteroatoms. The number of aliphatic hydroxyl groups excluding tert-OH is 1. The quantitative estimate of drug-likeness (QED) is 0.732. The van der Waals surface area contributed by atoms with Gasteiger partial charge < -0.3 is 5.11 Å². The van der Waals surface area contributed by atoms with Gasteiger partial charge in [-0.15, -0.1) is 0 Å². The summed E-state index contributed by atoms with van der Waals surface area (Å²) >= 11 is 5.79. The van der Waals surface area contributed by atoms with Crippen molar-refractivity contribution in [2.45, 2.75) is 31.3 Å². The second-order valence-corrected chi connectivity index (χ2v) is 4.09. The molecule has 1 fully saturated rings. The van der Waals surface area contributed by atoms with Gasteiger partial charge in [0.25, 0.3) is 0 Å². The third-order valence-electron chi connectivity index (χ3n) is 2.78. The molecule has 0 aliphatic heterocycles. The number of benzene rings is 1. The predicted octanol–water partition coefficient (Wildman–Crippen LogP) is 2.97. The molecule has 0 amide bonds. The minimum atomic E-state index is -0.152. The summed E-state index contributed by atoms with van der Waals surface area (Å²) in [6, 6.07) is 7.81. The fraction of sp³-hybridized carbons (Fsp3) is 0.455. The van der Waals surface area contributed by atoms with Crippen LogP contribution < -0.4 is 0 Å². The molecule has 2 unspecified atom stereocenters. The first-order valence-corrected chi connectivity index (χ1v) is 5.09. The molecule has 1 aromatic carbocycles. The van der Waals surface area contributed by atoms with Crippen molar-refractivity contribution in [3.63, 3.8) is 0 Å². The summed E-state index contributed by atoms with van der Waals surface area (Å²) in [6.45, 7) is 0. The Bertz CT molecular complexity index is 281. The molecule has 0 bridgehead atoms. The van der Waals surface area contributed by atoms with Gasteiger partial charge in [-0.2, -0.15) is 0 Å². The fourth-order valence-corrected chi connectivity index (χ4v) is 2.17. The molecule has 13 heavy (non-hydrogen) atoms. The minimum Gasteiger partial charge on any atom is -0.392 e. The maximum atomic E-state index is 9.68. The van der Waals surface area contributed by atoms with E-state index in [0.717, 1.165) is 24.3 Å². The Kier molecular flexibility index (Phi) is 2.56. The van der Waals surface area contributed by atoms with Crippen molar-refractivity contribution >= 4 is 11.6 Å². The van der Waals surface area contributed by atoms with E-state index in [0.29, 0.717) is 5.92 Å². The lowest BCUT2D eigenvalue weighted by Crippen LogP contribution is -2.10. The van der Waals surface area contributed by atoms with Gasteiger partial charge in [-0.3, -0.25) is 0 Å². The monoisotopic (exact) mass is 196 g/mol. The molecule has 0 spiro atoms. The van der Waals surface area contributed by atoms with E-state index in [1.807, 2.05) is 24.3 Å². The highest BCUT2D eigenvalue weighted by atomic mass is 35.5. The molecule has 0 radical (unpaired) electrons. The van der Waals surface area contributed by atoms with Gasteiger partial charge in [-0.1, -0.05) is 30.2 Å². The zero-order chi connectivity index (χ0) is 9.26. The van der Waals surface area contributed by atoms with E-state index in [2.05, 4.69) is 0 Å². The maximum Gasteiger partial charge on any atom is 0.0608 e. The summed E-state index contributed by atoms with van der Waals surface area (Å²) in [5.74, 6) is 0.331. The molecule has 1 N–H and O–H groups in total. The number of rotatable bonds is 1. The van der Waals surface area contributed by atoms with Crippen molar-refractivity contribution in [2.75, 3.05) is 0 Å². The molecule has 1 aliphatic carbocycles. The average molecular weight is 197 g/mol. The normalized spacial score (nSPS) is 27.8. The summed E-state index contributed by atoms with van der Waals surface area (Å²) in [7, 11) is 0. The second-order valence-electron chi connectivity index (χ2n) is 3.66. The van der Waals surface area contributed by atoms with Crippen LogP contribution in [0.1, 0.15) is 30.7 Å². The summed E-state index contributed by atoms with van der Waals surface area (Å²) < 4.78 is 0. The molecular formula is C11H13ClO. The summed E-state index contributed by atoms with van der Waals surface area (Å²) in [5, 5.41) is 10.4. The van der Waals surface area contributed by atoms with Gasteiger partial charge >= 0.3 is 0 Å². The molecule has 1 aromatic rings. The van der Waals surface area contributed by atoms with Crippen molar-refractivity contribution in [1.82, 2.24) is 0 Å². The third-order valence-corrected chi connectivity index (χ3v) is 3.03. The molecule has 2 rings (SSSR count). The zero-order valence-electron chi connectivity index (χ0n) is 7.41. The average Bonchev–Trinajstić information content (AvgIpc) is 2.53. The van der Waals surface area contributed by atoms with Crippen LogP contribution in [0.15, 0.2) is 24.3 Å². The van der Waals surface area contributed by atoms with Crippen LogP contribution in [-0.2, 0) is 0 Å². The molecule has 1 saturated carbocycles. The predicted molar refractivity (Wildman–Crippen MR) is 54.1 cm³/mol. The van der Waals surface area contributed by atoms with Crippen LogP contribution in [0.2, 0.25) is 5.02 Å². The highest BCUT2D eigenvalue weighted by Crippen LogP contribution is 2.34. The van der Waals surface area contributed by atoms with Crippen molar-refractivity contribution in [3.05, 3.63) is 34.9 Å². The van der Waals surface area contributed by atoms with Gasteiger partial charge in [-0.25, -0.2) is 0 Å². The van der Waals surface area contributed by atoms with E-state index >= 15 is 0 Å². The van der Waals surface area contributed by atoms with E-state index in [-0.39, 0.29) is 6.10 Å². The van der Waals surface area contributed by atoms with E-state index in [9.17, 15) is 5.11 Å². The minimum absolute atomic E-state index is 0.152. The van der Waals surface area contributed by atoms with Crippen LogP contribution in [0, 0.1) is 0 Å². The smallest absolute Gasteiger partial charge is 0.0608 e. The molecule has 0 aromatic heterocycles. The number of halogens is 1. The highest BCUT2D eigenvalue weighted by molar-refractivity contribution is 6.30. The van der Waals surface area contributed by atoms with Gasteiger partial charge in [-0.05, 0) is 30.5 Å². The van der Waals surface area contributed by atoms with Gasteiger partial charge in [0.15, 0.2) is 0 Å². The molecular weight excluding hydrogens is 184 g/mol. The molecule has 70 valence electrons. The number of aliphatic hydroxyl groups is 1. The summed E-state index contributed by atoms with van der Waals surface area (Å²) in [4.78, 5) is 0. The summed E-state index contributed by atoms with van der Waals surface area (Å²) in [6.07, 6.45) is 3.02. The Hall–Kier alpha value is -0.530. The van der Waals surface area contributed by atoms with Crippen molar-refractivity contribution in [3.8, 4) is 0 Å². The van der Waals surface area contributed by atoms with Gasteiger partial charge in [0, 0.05) is 10.9 Å². The first-order chi connectivity index (χ1) is 6.27. The highest BCUT2D eigenvalue weighted by Gasteiger charge is 2.26. The van der Waals surface area contributed by atoms with Crippen LogP contribution >= 0.6 is 11.6 Å². The standard InChI is InChI=1S/C11H13ClO/c12-9-6-4-8(5-7-9)10-2-1-3-11(10)13/h4-7,10-11,13H,1-3H2. The van der Waals surface area contributed by atoms with E-state index in [1.165, 1.54) is 5.56 Å². The fourth-order valence-electron chi connectivity index (χ4n) is 2.04. The Morgan fingerprint density at radius 1 is 1.15 bits per heavy atom. The Morgan fingerprint density at radius 3 is 2.38 bits per heavy atom. The molecule has 0 heterocycles. The van der Waals surface area contributed by atoms with Crippen LogP contribution in [0.5, 0.6) is 0 Å². The molecule has 2 atom stereocenters. The lowest BCUT2D eigenvalue weighted by molar-refractivity contribution is 0.164. The van der Waals surface area contributed by atoms with E-state index in [4.69, 9.17) is 11.6 Å². The van der Waals surface area contributed by atoms with Gasteiger partial charge in [0.05, 0.1) is 6.10 Å². The second kappa shape index (κ2) is 3.69. The van der Waals surface area contributed by atoms with Crippen LogP contribution in [0.3, 0.4) is 0 Å². The molecule has 0 saturated heterocycles. The molecule has 1 aliphatic rings. The van der Waals surface area contributed by atoms with Crippen LogP contribution in [0.4, 0.5) is 0 Å². The van der Waals surface area contributed by atoms with Crippen molar-refractivity contribution in [1.29, 1.82) is 0 Å². The van der Waals surface area contributed by atoms with Gasteiger partial charge in [0.1, 0.15) is 0 Å². The first-order valence-electron chi connectivity index (χ1n) is 4.71. The topological polar surface area (TPSA) is 20.2 Å². The van der Waals surface area contributed by atoms with Crippen molar-refractivity contribution < 1.29 is 5.11 Å². The lowest BCUT2D eigenvalue weighted by Gasteiger charge is -2.14. The van der Waals surface area contributed by atoms with Crippen LogP contribution in [0.25, 0.3) is 0 Å². The third kappa shape index (κ3) is 1.87. The largest absolute Gasteiger partial charge is 0.392 e. The van der Waals surface area contributed by atoms with E-state index < -0.39 is 0 Å². The number of hydrogen-bond acceptors (Lipinski definition) is 1. The Balaban J connectivity index is 2.20. The Morgan fingerprint density at radius 2 is 1.85 bits per heavy atom. The van der Waals surface area contributed by atoms with Crippen molar-refractivity contribution in [2.24, 2.45) is 0 Å².